The van der Waals surface area contributed by atoms with Gasteiger partial charge in [0.1, 0.15) is 11.4 Å². The summed E-state index contributed by atoms with van der Waals surface area (Å²) in [6.45, 7) is 0.509. The van der Waals surface area contributed by atoms with Crippen molar-refractivity contribution in [2.45, 2.75) is 6.54 Å². The molecule has 2 aromatic heterocycles. The molecule has 0 saturated heterocycles. The van der Waals surface area contributed by atoms with Crippen LogP contribution in [0.25, 0.3) is 0 Å². The van der Waals surface area contributed by atoms with Crippen molar-refractivity contribution in [3.05, 3.63) is 35.8 Å². The van der Waals surface area contributed by atoms with Crippen LogP contribution in [0.2, 0.25) is 0 Å². The number of nitrogens with one attached hydrogen (secondary N) is 1. The first-order valence-corrected chi connectivity index (χ1v) is 5.65. The Hall–Kier alpha value is -2.57. The summed E-state index contributed by atoms with van der Waals surface area (Å²) in [6, 6.07) is 1.53. The maximum Gasteiger partial charge on any atom is 0.341 e. The van der Waals surface area contributed by atoms with Crippen LogP contribution in [0.15, 0.2) is 24.7 Å². The molecular weight excluding hydrogens is 246 g/mol. The number of nitrogens with two attached hydrogens (primary N) is 1. The SMILES string of the molecule is COC(=O)c1cc(N)cnc1NCc1cnn(C)c1. The Labute approximate surface area is 110 Å². The van der Waals surface area contributed by atoms with Gasteiger partial charge in [-0.05, 0) is 6.07 Å². The second-order valence-electron chi connectivity index (χ2n) is 4.03. The van der Waals surface area contributed by atoms with Crippen molar-refractivity contribution in [3.63, 3.8) is 0 Å². The molecule has 0 atom stereocenters. The van der Waals surface area contributed by atoms with Gasteiger partial charge in [-0.2, -0.15) is 5.10 Å². The van der Waals surface area contributed by atoms with Crippen LogP contribution in [0.3, 0.4) is 0 Å². The number of anilines is 2. The molecule has 0 amide bonds. The minimum absolute atomic E-state index is 0.311. The Bertz CT molecular complexity index is 594. The maximum absolute atomic E-state index is 11.6. The van der Waals surface area contributed by atoms with Crippen LogP contribution in [-0.2, 0) is 18.3 Å². The molecule has 3 N–H and O–H groups in total. The van der Waals surface area contributed by atoms with Crippen LogP contribution in [0.5, 0.6) is 0 Å². The number of nitrogen functional groups attached to an aromatic ring is 1. The second-order valence-corrected chi connectivity index (χ2v) is 4.03. The predicted molar refractivity (Wildman–Crippen MR) is 70.5 cm³/mol. The van der Waals surface area contributed by atoms with Crippen LogP contribution in [0.1, 0.15) is 15.9 Å². The van der Waals surface area contributed by atoms with E-state index in [1.165, 1.54) is 19.4 Å². The minimum Gasteiger partial charge on any atom is -0.465 e. The van der Waals surface area contributed by atoms with Crippen LogP contribution in [-0.4, -0.2) is 27.8 Å². The molecule has 2 aromatic rings. The van der Waals surface area contributed by atoms with E-state index in [9.17, 15) is 4.79 Å². The summed E-state index contributed by atoms with van der Waals surface area (Å²) in [4.78, 5) is 15.7. The van der Waals surface area contributed by atoms with E-state index in [0.717, 1.165) is 5.56 Å². The van der Waals surface area contributed by atoms with Gasteiger partial charge in [-0.1, -0.05) is 0 Å². The van der Waals surface area contributed by atoms with Gasteiger partial charge in [0.05, 0.1) is 25.2 Å². The molecule has 0 unspecified atom stereocenters. The number of pyridine rings is 1. The molecule has 0 radical (unpaired) electrons. The summed E-state index contributed by atoms with van der Waals surface area (Å²) in [6.07, 6.45) is 5.10. The summed E-state index contributed by atoms with van der Waals surface area (Å²) in [5, 5.41) is 7.13. The summed E-state index contributed by atoms with van der Waals surface area (Å²) >= 11 is 0. The number of hydrogen-bond acceptors (Lipinski definition) is 6. The lowest BCUT2D eigenvalue weighted by molar-refractivity contribution is 0.0601. The second kappa shape index (κ2) is 5.38. The van der Waals surface area contributed by atoms with E-state index < -0.39 is 5.97 Å². The molecule has 0 bridgehead atoms. The van der Waals surface area contributed by atoms with Gasteiger partial charge in [0.25, 0.3) is 0 Å². The van der Waals surface area contributed by atoms with E-state index in [1.54, 1.807) is 10.9 Å². The smallest absolute Gasteiger partial charge is 0.341 e. The van der Waals surface area contributed by atoms with Crippen LogP contribution >= 0.6 is 0 Å². The average Bonchev–Trinajstić information content (AvgIpc) is 2.82. The van der Waals surface area contributed by atoms with Gasteiger partial charge in [-0.25, -0.2) is 9.78 Å². The highest BCUT2D eigenvalue weighted by Gasteiger charge is 2.13. The van der Waals surface area contributed by atoms with Gasteiger partial charge >= 0.3 is 5.97 Å². The molecule has 7 nitrogen and oxygen atoms in total. The lowest BCUT2D eigenvalue weighted by Crippen LogP contribution is -2.10. The zero-order valence-electron chi connectivity index (χ0n) is 10.8. The monoisotopic (exact) mass is 261 g/mol. The summed E-state index contributed by atoms with van der Waals surface area (Å²) < 4.78 is 6.40. The molecule has 0 saturated carbocycles. The number of carbonyl (C=O) groups excluding carboxylic acids is 1. The Morgan fingerprint density at radius 2 is 2.32 bits per heavy atom. The highest BCUT2D eigenvalue weighted by molar-refractivity contribution is 5.95. The number of rotatable bonds is 4. The van der Waals surface area contributed by atoms with Crippen LogP contribution < -0.4 is 11.1 Å². The molecule has 0 aromatic carbocycles. The number of aryl methyl sites for hydroxylation is 1. The molecule has 19 heavy (non-hydrogen) atoms. The Balaban J connectivity index is 2.17. The van der Waals surface area contributed by atoms with Crippen molar-refractivity contribution in [1.82, 2.24) is 14.8 Å². The lowest BCUT2D eigenvalue weighted by atomic mass is 10.2. The lowest BCUT2D eigenvalue weighted by Gasteiger charge is -2.09. The topological polar surface area (TPSA) is 95.1 Å². The highest BCUT2D eigenvalue weighted by atomic mass is 16.5. The Morgan fingerprint density at radius 1 is 1.53 bits per heavy atom. The highest BCUT2D eigenvalue weighted by Crippen LogP contribution is 2.17. The molecule has 0 aliphatic carbocycles. The van der Waals surface area contributed by atoms with Crippen LogP contribution in [0.4, 0.5) is 11.5 Å². The van der Waals surface area contributed by atoms with Crippen molar-refractivity contribution < 1.29 is 9.53 Å². The third-order valence-electron chi connectivity index (χ3n) is 2.53. The van der Waals surface area contributed by atoms with Crippen molar-refractivity contribution in [2.24, 2.45) is 7.05 Å². The molecule has 7 heteroatoms. The van der Waals surface area contributed by atoms with Crippen molar-refractivity contribution in [3.8, 4) is 0 Å². The van der Waals surface area contributed by atoms with Crippen molar-refractivity contribution in [1.29, 1.82) is 0 Å². The number of ether oxygens (including phenoxy) is 1. The molecule has 2 rings (SSSR count). The number of aromatic nitrogens is 3. The largest absolute Gasteiger partial charge is 0.465 e. The average molecular weight is 261 g/mol. The van der Waals surface area contributed by atoms with Crippen molar-refractivity contribution >= 4 is 17.5 Å². The standard InChI is InChI=1S/C12H15N5O2/c1-17-7-8(5-16-17)4-14-11-10(12(18)19-2)3-9(13)6-15-11/h3,5-7H,4,13H2,1-2H3,(H,14,15). The first-order valence-electron chi connectivity index (χ1n) is 5.65. The van der Waals surface area contributed by atoms with E-state index in [1.807, 2.05) is 13.2 Å². The van der Waals surface area contributed by atoms with Gasteiger partial charge < -0.3 is 15.8 Å². The van der Waals surface area contributed by atoms with E-state index in [2.05, 4.69) is 15.4 Å². The Morgan fingerprint density at radius 3 is 2.95 bits per heavy atom. The molecular formula is C12H15N5O2. The van der Waals surface area contributed by atoms with Gasteiger partial charge in [-0.15, -0.1) is 0 Å². The fourth-order valence-corrected chi connectivity index (χ4v) is 1.64. The predicted octanol–water partition coefficient (Wildman–Crippen LogP) is 0.796. The van der Waals surface area contributed by atoms with Gasteiger partial charge in [-0.3, -0.25) is 4.68 Å². The van der Waals surface area contributed by atoms with Gasteiger partial charge in [0, 0.05) is 25.4 Å². The van der Waals surface area contributed by atoms with E-state index in [-0.39, 0.29) is 0 Å². The summed E-state index contributed by atoms with van der Waals surface area (Å²) in [5.74, 6) is -0.0432. The number of hydrogen-bond donors (Lipinski definition) is 2. The maximum atomic E-state index is 11.6. The quantitative estimate of drug-likeness (QED) is 0.790. The van der Waals surface area contributed by atoms with Gasteiger partial charge in [0.15, 0.2) is 0 Å². The number of carbonyl (C=O) groups is 1. The third-order valence-corrected chi connectivity index (χ3v) is 2.53. The molecule has 0 spiro atoms. The molecule has 100 valence electrons. The molecule has 0 aliphatic heterocycles. The zero-order valence-corrected chi connectivity index (χ0v) is 10.8. The van der Waals surface area contributed by atoms with E-state index in [4.69, 9.17) is 10.5 Å². The molecule has 2 heterocycles. The number of esters is 1. The normalized spacial score (nSPS) is 10.2. The number of methoxy groups -OCH3 is 1. The fourth-order valence-electron chi connectivity index (χ4n) is 1.64. The first kappa shape index (κ1) is 12.9. The minimum atomic E-state index is -0.478. The number of nitrogens with zero attached hydrogens (tertiary/aromatic N) is 3. The third kappa shape index (κ3) is 3.01. The first-order chi connectivity index (χ1) is 9.10. The molecule has 0 aliphatic rings. The zero-order chi connectivity index (χ0) is 13.8. The Kier molecular flexibility index (Phi) is 3.65. The van der Waals surface area contributed by atoms with E-state index >= 15 is 0 Å². The van der Waals surface area contributed by atoms with Gasteiger partial charge in [0.2, 0.25) is 0 Å². The summed E-state index contributed by atoms with van der Waals surface area (Å²) in [7, 11) is 3.15. The van der Waals surface area contributed by atoms with Crippen LogP contribution in [0, 0.1) is 0 Å². The van der Waals surface area contributed by atoms with E-state index in [0.29, 0.717) is 23.6 Å². The summed E-state index contributed by atoms with van der Waals surface area (Å²) in [5.41, 5.74) is 7.32. The van der Waals surface area contributed by atoms with Crippen molar-refractivity contribution in [2.75, 3.05) is 18.2 Å². The molecule has 0 fully saturated rings. The fraction of sp³-hybridized carbons (Fsp3) is 0.250.